The van der Waals surface area contributed by atoms with Gasteiger partial charge in [0.05, 0.1) is 18.2 Å². The van der Waals surface area contributed by atoms with Crippen molar-refractivity contribution in [2.24, 2.45) is 5.41 Å². The van der Waals surface area contributed by atoms with E-state index in [0.717, 1.165) is 0 Å². The molecule has 0 aliphatic heterocycles. The summed E-state index contributed by atoms with van der Waals surface area (Å²) in [6.07, 6.45) is -0.341. The molecule has 7 nitrogen and oxygen atoms in total. The van der Waals surface area contributed by atoms with Crippen molar-refractivity contribution >= 4 is 11.9 Å². The molecular weight excluding hydrogens is 348 g/mol. The van der Waals surface area contributed by atoms with Crippen LogP contribution in [0, 0.1) is 19.3 Å². The lowest BCUT2D eigenvalue weighted by Gasteiger charge is -2.58. The fraction of sp³-hybridized carbons (Fsp3) is 0.706. The number of ether oxygens (including phenoxy) is 1. The van der Waals surface area contributed by atoms with Crippen LogP contribution in [-0.4, -0.2) is 45.0 Å². The zero-order valence-electron chi connectivity index (χ0n) is 15.6. The molecule has 1 aromatic heterocycles. The molecule has 26 heavy (non-hydrogen) atoms. The number of rotatable bonds is 7. The van der Waals surface area contributed by atoms with Crippen molar-refractivity contribution in [2.45, 2.75) is 65.7 Å². The summed E-state index contributed by atoms with van der Waals surface area (Å²) in [7, 11) is 0. The molecule has 9 heteroatoms. The van der Waals surface area contributed by atoms with Crippen LogP contribution in [0.25, 0.3) is 0 Å². The zero-order valence-corrected chi connectivity index (χ0v) is 15.6. The maximum absolute atomic E-state index is 12.9. The molecule has 0 aromatic carbocycles. The molecule has 1 aliphatic carbocycles. The van der Waals surface area contributed by atoms with Gasteiger partial charge < -0.3 is 15.2 Å². The Labute approximate surface area is 150 Å². The zero-order chi connectivity index (χ0) is 19.9. The fourth-order valence-electron chi connectivity index (χ4n) is 3.62. The van der Waals surface area contributed by atoms with Crippen molar-refractivity contribution in [3.8, 4) is 0 Å². The number of aromatic nitrogens is 2. The van der Waals surface area contributed by atoms with Gasteiger partial charge in [0.1, 0.15) is 5.54 Å². The Balaban J connectivity index is 2.20. The quantitative estimate of drug-likeness (QED) is 0.764. The van der Waals surface area contributed by atoms with Gasteiger partial charge in [0.2, 0.25) is 5.91 Å². The molecule has 1 fully saturated rings. The highest BCUT2D eigenvalue weighted by Crippen LogP contribution is 2.51. The van der Waals surface area contributed by atoms with Gasteiger partial charge in [-0.2, -0.15) is 13.9 Å². The highest BCUT2D eigenvalue weighted by Gasteiger charge is 2.66. The van der Waals surface area contributed by atoms with Crippen molar-refractivity contribution < 1.29 is 28.2 Å². The minimum absolute atomic E-state index is 0.156. The van der Waals surface area contributed by atoms with Gasteiger partial charge in [0.25, 0.3) is 0 Å². The highest BCUT2D eigenvalue weighted by atomic mass is 19.3. The fourth-order valence-corrected chi connectivity index (χ4v) is 3.62. The van der Waals surface area contributed by atoms with E-state index < -0.39 is 29.4 Å². The molecule has 1 aliphatic rings. The lowest BCUT2D eigenvalue weighted by atomic mass is 9.54. The second-order valence-corrected chi connectivity index (χ2v) is 7.18. The first-order valence-electron chi connectivity index (χ1n) is 8.46. The molecule has 0 radical (unpaired) electrons. The molecule has 2 unspecified atom stereocenters. The van der Waals surface area contributed by atoms with E-state index >= 15 is 0 Å². The Morgan fingerprint density at radius 2 is 2.04 bits per heavy atom. The van der Waals surface area contributed by atoms with Crippen LogP contribution in [0.2, 0.25) is 0 Å². The van der Waals surface area contributed by atoms with Gasteiger partial charge in [-0.25, -0.2) is 9.48 Å². The first-order chi connectivity index (χ1) is 12.0. The number of amides is 1. The minimum Gasteiger partial charge on any atom is -0.479 e. The van der Waals surface area contributed by atoms with Gasteiger partial charge in [-0.1, -0.05) is 13.8 Å². The van der Waals surface area contributed by atoms with Gasteiger partial charge in [-0.3, -0.25) is 4.79 Å². The number of aryl methyl sites for hydroxylation is 1. The molecular formula is C17H25F2N3O4. The second kappa shape index (κ2) is 6.94. The van der Waals surface area contributed by atoms with Crippen molar-refractivity contribution in [3.05, 3.63) is 17.0 Å². The molecule has 1 aromatic rings. The van der Waals surface area contributed by atoms with E-state index in [2.05, 4.69) is 10.4 Å². The standard InChI is InChI=1S/C17H25F2N3O4/c1-6-26-12-8-17(14(24)25,16(12,4)5)20-13(23)7-11-9(2)21-22(10(11)3)15(18)19/h12,15H,6-8H2,1-5H3,(H,20,23)(H,24,25). The van der Waals surface area contributed by atoms with Crippen LogP contribution in [0.3, 0.4) is 0 Å². The molecule has 0 spiro atoms. The Kier molecular flexibility index (Phi) is 5.41. The van der Waals surface area contributed by atoms with Crippen molar-refractivity contribution in [1.82, 2.24) is 15.1 Å². The number of carboxylic acids is 1. The highest BCUT2D eigenvalue weighted by molar-refractivity contribution is 5.90. The van der Waals surface area contributed by atoms with Crippen LogP contribution in [0.5, 0.6) is 0 Å². The van der Waals surface area contributed by atoms with Crippen LogP contribution >= 0.6 is 0 Å². The van der Waals surface area contributed by atoms with Crippen molar-refractivity contribution in [1.29, 1.82) is 0 Å². The van der Waals surface area contributed by atoms with Crippen LogP contribution in [-0.2, 0) is 20.7 Å². The molecule has 1 saturated carbocycles. The number of carboxylic acid groups (broad SMARTS) is 1. The largest absolute Gasteiger partial charge is 0.479 e. The van der Waals surface area contributed by atoms with Gasteiger partial charge in [-0.15, -0.1) is 0 Å². The average molecular weight is 373 g/mol. The van der Waals surface area contributed by atoms with E-state index in [9.17, 15) is 23.5 Å². The third kappa shape index (κ3) is 3.08. The minimum atomic E-state index is -2.80. The summed E-state index contributed by atoms with van der Waals surface area (Å²) in [6, 6.07) is 0. The number of nitrogens with zero attached hydrogens (tertiary/aromatic N) is 2. The predicted octanol–water partition coefficient (Wildman–Crippen LogP) is 2.21. The van der Waals surface area contributed by atoms with Crippen molar-refractivity contribution in [3.63, 3.8) is 0 Å². The van der Waals surface area contributed by atoms with Crippen molar-refractivity contribution in [2.75, 3.05) is 6.61 Å². The SMILES string of the molecule is CCOC1CC(NC(=O)Cc2c(C)nn(C(F)F)c2C)(C(=O)O)C1(C)C. The Morgan fingerprint density at radius 3 is 2.46 bits per heavy atom. The topological polar surface area (TPSA) is 93.5 Å². The summed E-state index contributed by atoms with van der Waals surface area (Å²) in [5.74, 6) is -1.68. The summed E-state index contributed by atoms with van der Waals surface area (Å²) >= 11 is 0. The maximum Gasteiger partial charge on any atom is 0.333 e. The molecule has 2 N–H and O–H groups in total. The smallest absolute Gasteiger partial charge is 0.333 e. The molecule has 146 valence electrons. The average Bonchev–Trinajstić information content (AvgIpc) is 2.81. The summed E-state index contributed by atoms with van der Waals surface area (Å²) in [6.45, 7) is 5.94. The van der Waals surface area contributed by atoms with E-state index in [1.807, 2.05) is 6.92 Å². The number of nitrogens with one attached hydrogen (secondary N) is 1. The Bertz CT molecular complexity index is 717. The Morgan fingerprint density at radius 1 is 1.42 bits per heavy atom. The third-order valence-corrected chi connectivity index (χ3v) is 5.48. The van der Waals surface area contributed by atoms with Gasteiger partial charge in [0.15, 0.2) is 0 Å². The summed E-state index contributed by atoms with van der Waals surface area (Å²) in [4.78, 5) is 24.4. The summed E-state index contributed by atoms with van der Waals surface area (Å²) in [5, 5.41) is 16.1. The number of halogens is 2. The van der Waals surface area contributed by atoms with Gasteiger partial charge >= 0.3 is 12.5 Å². The normalized spacial score (nSPS) is 24.4. The van der Waals surface area contributed by atoms with Crippen LogP contribution in [0.15, 0.2) is 0 Å². The first kappa shape index (κ1) is 20.3. The number of alkyl halides is 2. The van der Waals surface area contributed by atoms with E-state index in [1.54, 1.807) is 20.8 Å². The lowest BCUT2D eigenvalue weighted by molar-refractivity contribution is -0.194. The van der Waals surface area contributed by atoms with Gasteiger partial charge in [0, 0.05) is 29.7 Å². The van der Waals surface area contributed by atoms with Crippen LogP contribution in [0.1, 0.15) is 50.7 Å². The number of hydrogen-bond donors (Lipinski definition) is 2. The third-order valence-electron chi connectivity index (χ3n) is 5.48. The Hall–Kier alpha value is -2.03. The molecule has 1 amide bonds. The number of aliphatic carboxylic acids is 1. The molecule has 2 atom stereocenters. The lowest BCUT2D eigenvalue weighted by Crippen LogP contribution is -2.76. The van der Waals surface area contributed by atoms with Crippen LogP contribution < -0.4 is 5.32 Å². The predicted molar refractivity (Wildman–Crippen MR) is 89.0 cm³/mol. The molecule has 0 bridgehead atoms. The van der Waals surface area contributed by atoms with E-state index in [-0.39, 0.29) is 24.6 Å². The van der Waals surface area contributed by atoms with Gasteiger partial charge in [-0.05, 0) is 20.8 Å². The van der Waals surface area contributed by atoms with E-state index in [0.29, 0.717) is 22.5 Å². The first-order valence-corrected chi connectivity index (χ1v) is 8.46. The van der Waals surface area contributed by atoms with E-state index in [4.69, 9.17) is 4.74 Å². The summed E-state index contributed by atoms with van der Waals surface area (Å²) in [5.41, 5.74) is -1.37. The molecule has 0 saturated heterocycles. The summed E-state index contributed by atoms with van der Waals surface area (Å²) < 4.78 is 32.0. The maximum atomic E-state index is 12.9. The van der Waals surface area contributed by atoms with Crippen LogP contribution in [0.4, 0.5) is 8.78 Å². The number of carbonyl (C=O) groups excluding carboxylic acids is 1. The molecule has 2 rings (SSSR count). The molecule has 1 heterocycles. The second-order valence-electron chi connectivity index (χ2n) is 7.18. The number of hydrogen-bond acceptors (Lipinski definition) is 4. The monoisotopic (exact) mass is 373 g/mol. The van der Waals surface area contributed by atoms with E-state index in [1.165, 1.54) is 6.92 Å². The number of carbonyl (C=O) groups is 2.